The first kappa shape index (κ1) is 44.2. The molecule has 1 spiro atoms. The van der Waals surface area contributed by atoms with Crippen LogP contribution in [0.3, 0.4) is 0 Å². The molecule has 2 saturated carbocycles. The van der Waals surface area contributed by atoms with E-state index in [0.717, 1.165) is 68.6 Å². The Balaban J connectivity index is 0.752. The number of ether oxygens (including phenoxy) is 2. The number of nitrogens with two attached hydrogens (primary N) is 1. The van der Waals surface area contributed by atoms with Gasteiger partial charge < -0.3 is 30.7 Å². The van der Waals surface area contributed by atoms with Gasteiger partial charge in [-0.05, 0) is 131 Å². The van der Waals surface area contributed by atoms with Crippen LogP contribution in [0.2, 0.25) is 0 Å². The number of carbonyl (C=O) groups excluding carboxylic acids is 6. The number of benzene rings is 3. The summed E-state index contributed by atoms with van der Waals surface area (Å²) in [6.07, 6.45) is 8.02. The standard InChI is InChI=1S/C50H57FN6O8/c1-3-32-38(54-47(61)44(32)51)27-65-40-15-13-31(34-21-36(45(52)59)41(64-2)22-35(34)40)12-11-28-7-9-29(10-8-28)26-56-19-17-50(18-20-56)23-30(24-50)25-53-37-6-4-5-33-43(37)49(63)57(48(33)62)39-14-16-42(58)55-46(39)60/h4-6,13,15,21-22,28-30,32,38-39,44,53H,3,7-10,14,16-20,23-27H2,1-2H3,(H2,52,59)(H,54,61)(H,55,58,60)/t28?,29?,32-,38+,39?,44-/m0/s1. The maximum atomic E-state index is 14.5. The molecule has 3 aromatic carbocycles. The van der Waals surface area contributed by atoms with Crippen molar-refractivity contribution in [3.05, 3.63) is 64.7 Å². The third kappa shape index (κ3) is 8.65. The van der Waals surface area contributed by atoms with Crippen LogP contribution in [0.5, 0.6) is 11.5 Å². The fraction of sp³-hybridized carbons (Fsp3) is 0.520. The minimum atomic E-state index is -1.56. The zero-order chi connectivity index (χ0) is 45.6. The molecule has 0 aromatic heterocycles. The van der Waals surface area contributed by atoms with Gasteiger partial charge >= 0.3 is 0 Å². The number of halogens is 1. The lowest BCUT2D eigenvalue weighted by atomic mass is 9.57. The number of alkyl halides is 1. The van der Waals surface area contributed by atoms with Crippen LogP contribution in [0.25, 0.3) is 10.8 Å². The van der Waals surface area contributed by atoms with E-state index in [9.17, 15) is 33.2 Å². The summed E-state index contributed by atoms with van der Waals surface area (Å²) < 4.78 is 26.2. The van der Waals surface area contributed by atoms with Crippen molar-refractivity contribution in [1.82, 2.24) is 20.4 Å². The molecule has 65 heavy (non-hydrogen) atoms. The third-order valence-corrected chi connectivity index (χ3v) is 15.1. The van der Waals surface area contributed by atoms with Crippen molar-refractivity contribution >= 4 is 51.9 Å². The Kier molecular flexibility index (Phi) is 12.3. The molecule has 6 aliphatic rings. The van der Waals surface area contributed by atoms with Crippen molar-refractivity contribution < 1.29 is 42.6 Å². The van der Waals surface area contributed by atoms with E-state index in [2.05, 4.69) is 32.7 Å². The van der Waals surface area contributed by atoms with E-state index in [1.165, 1.54) is 20.0 Å². The normalized spacial score (nSPS) is 26.6. The number of nitrogens with zero attached hydrogens (tertiary/aromatic N) is 2. The Hall–Kier alpha value is -6.01. The summed E-state index contributed by atoms with van der Waals surface area (Å²) in [6, 6.07) is 10.9. The van der Waals surface area contributed by atoms with Gasteiger partial charge in [0.2, 0.25) is 11.8 Å². The van der Waals surface area contributed by atoms with Gasteiger partial charge in [0.05, 0.1) is 29.8 Å². The fourth-order valence-corrected chi connectivity index (χ4v) is 11.4. The van der Waals surface area contributed by atoms with Crippen LogP contribution in [-0.2, 0) is 14.4 Å². The highest BCUT2D eigenvalue weighted by Crippen LogP contribution is 2.53. The number of anilines is 1. The zero-order valence-corrected chi connectivity index (χ0v) is 37.0. The fourth-order valence-electron chi connectivity index (χ4n) is 11.4. The average Bonchev–Trinajstić information content (AvgIpc) is 3.72. The molecule has 342 valence electrons. The Morgan fingerprint density at radius 2 is 1.71 bits per heavy atom. The number of hydrogen-bond acceptors (Lipinski definition) is 10. The number of nitrogens with one attached hydrogen (secondary N) is 3. The summed E-state index contributed by atoms with van der Waals surface area (Å²) in [4.78, 5) is 79.1. The molecule has 5 fully saturated rings. The van der Waals surface area contributed by atoms with E-state index in [-0.39, 0.29) is 36.5 Å². The number of hydrogen-bond donors (Lipinski definition) is 4. The van der Waals surface area contributed by atoms with E-state index >= 15 is 0 Å². The third-order valence-electron chi connectivity index (χ3n) is 15.1. The highest BCUT2D eigenvalue weighted by molar-refractivity contribution is 6.25. The monoisotopic (exact) mass is 888 g/mol. The van der Waals surface area contributed by atoms with E-state index in [4.69, 9.17) is 15.2 Å². The van der Waals surface area contributed by atoms with Gasteiger partial charge in [0.25, 0.3) is 23.6 Å². The second-order valence-electron chi connectivity index (χ2n) is 19.1. The number of piperidine rings is 2. The molecule has 9 rings (SSSR count). The Labute approximate surface area is 377 Å². The first-order valence-corrected chi connectivity index (χ1v) is 23.2. The molecule has 14 nitrogen and oxygen atoms in total. The molecule has 3 saturated heterocycles. The molecule has 5 N–H and O–H groups in total. The van der Waals surface area contributed by atoms with Crippen LogP contribution in [0.1, 0.15) is 114 Å². The minimum Gasteiger partial charge on any atom is -0.496 e. The van der Waals surface area contributed by atoms with E-state index < -0.39 is 59.6 Å². The van der Waals surface area contributed by atoms with Crippen molar-refractivity contribution in [1.29, 1.82) is 0 Å². The lowest BCUT2D eigenvalue weighted by molar-refractivity contribution is -0.136. The molecule has 4 heterocycles. The summed E-state index contributed by atoms with van der Waals surface area (Å²) >= 11 is 0. The number of amides is 6. The average molecular weight is 889 g/mol. The van der Waals surface area contributed by atoms with Gasteiger partial charge in [-0.1, -0.05) is 24.8 Å². The molecule has 6 amide bonds. The van der Waals surface area contributed by atoms with Crippen LogP contribution in [0.15, 0.2) is 42.5 Å². The van der Waals surface area contributed by atoms with Crippen molar-refractivity contribution in [3.63, 3.8) is 0 Å². The molecular formula is C50H57FN6O8. The molecule has 0 radical (unpaired) electrons. The van der Waals surface area contributed by atoms with Gasteiger partial charge in [-0.3, -0.25) is 39.0 Å². The van der Waals surface area contributed by atoms with Gasteiger partial charge in [-0.25, -0.2) is 4.39 Å². The quantitative estimate of drug-likeness (QED) is 0.136. The van der Waals surface area contributed by atoms with Crippen LogP contribution in [0, 0.1) is 40.9 Å². The Morgan fingerprint density at radius 3 is 2.42 bits per heavy atom. The number of likely N-dealkylation sites (tertiary alicyclic amines) is 1. The predicted octanol–water partition coefficient (Wildman–Crippen LogP) is 5.35. The topological polar surface area (TPSA) is 189 Å². The summed E-state index contributed by atoms with van der Waals surface area (Å²) in [7, 11) is 1.47. The molecule has 15 heteroatoms. The smallest absolute Gasteiger partial charge is 0.264 e. The molecule has 3 aromatic rings. The highest BCUT2D eigenvalue weighted by Gasteiger charge is 2.48. The van der Waals surface area contributed by atoms with Crippen LogP contribution in [0.4, 0.5) is 10.1 Å². The number of fused-ring (bicyclic) bond motifs is 2. The maximum absolute atomic E-state index is 14.5. The van der Waals surface area contributed by atoms with E-state index in [1.807, 2.05) is 25.1 Å². The molecule has 4 aliphatic heterocycles. The van der Waals surface area contributed by atoms with Crippen LogP contribution < -0.4 is 31.2 Å². The molecule has 2 aliphatic carbocycles. The lowest BCUT2D eigenvalue weighted by Gasteiger charge is -2.53. The summed E-state index contributed by atoms with van der Waals surface area (Å²) in [6.45, 7) is 5.94. The van der Waals surface area contributed by atoms with Crippen LogP contribution in [-0.4, -0.2) is 103 Å². The Morgan fingerprint density at radius 1 is 0.938 bits per heavy atom. The predicted molar refractivity (Wildman–Crippen MR) is 240 cm³/mol. The first-order valence-electron chi connectivity index (χ1n) is 23.2. The number of methoxy groups -OCH3 is 1. The van der Waals surface area contributed by atoms with Gasteiger partial charge in [-0.15, -0.1) is 0 Å². The van der Waals surface area contributed by atoms with Crippen molar-refractivity contribution in [3.8, 4) is 23.3 Å². The van der Waals surface area contributed by atoms with E-state index in [0.29, 0.717) is 63.7 Å². The second-order valence-corrected chi connectivity index (χ2v) is 19.1. The largest absolute Gasteiger partial charge is 0.496 e. The van der Waals surface area contributed by atoms with Gasteiger partial charge in [0.15, 0.2) is 6.17 Å². The number of primary amides is 1. The maximum Gasteiger partial charge on any atom is 0.264 e. The molecule has 0 bridgehead atoms. The SMILES string of the molecule is CC[C@@H]1[C@H](F)C(=O)N[C@@H]1COc1ccc(C#CC2CCC(CN3CCC4(CC3)CC(CNc3cccc5c3C(=O)N(C3CCC(=O)NC3=O)C5=O)C4)CC2)c2cc(C(N)=O)c(OC)cc12. The second kappa shape index (κ2) is 18.1. The lowest BCUT2D eigenvalue weighted by Crippen LogP contribution is -2.54. The molecule has 1 unspecified atom stereocenters. The van der Waals surface area contributed by atoms with Crippen molar-refractivity contribution in [2.45, 2.75) is 95.8 Å². The van der Waals surface area contributed by atoms with Crippen LogP contribution >= 0.6 is 0 Å². The summed E-state index contributed by atoms with van der Waals surface area (Å²) in [5.74, 6) is 5.40. The summed E-state index contributed by atoms with van der Waals surface area (Å²) in [5.41, 5.74) is 8.27. The minimum absolute atomic E-state index is 0.0837. The molecular weight excluding hydrogens is 832 g/mol. The highest BCUT2D eigenvalue weighted by atomic mass is 19.1. The Bertz CT molecular complexity index is 2490. The number of carbonyl (C=O) groups is 6. The first-order chi connectivity index (χ1) is 31.3. The van der Waals surface area contributed by atoms with Gasteiger partial charge in [0.1, 0.15) is 24.1 Å². The van der Waals surface area contributed by atoms with Gasteiger partial charge in [0, 0.05) is 53.4 Å². The van der Waals surface area contributed by atoms with Crippen molar-refractivity contribution in [2.75, 3.05) is 45.2 Å². The number of imide groups is 2. The number of rotatable bonds is 12. The van der Waals surface area contributed by atoms with Crippen molar-refractivity contribution in [2.24, 2.45) is 34.8 Å². The zero-order valence-electron chi connectivity index (χ0n) is 37.0. The molecule has 4 atom stereocenters. The van der Waals surface area contributed by atoms with Gasteiger partial charge in [-0.2, -0.15) is 0 Å². The van der Waals surface area contributed by atoms with E-state index in [1.54, 1.807) is 24.3 Å². The summed E-state index contributed by atoms with van der Waals surface area (Å²) in [5, 5.41) is 9.82.